The molecule has 0 N–H and O–H groups in total. The van der Waals surface area contributed by atoms with E-state index in [1.165, 1.54) is 28.1 Å². The van der Waals surface area contributed by atoms with Gasteiger partial charge in [-0.2, -0.15) is 4.98 Å². The smallest absolute Gasteiger partial charge is 0.281 e. The quantitative estimate of drug-likeness (QED) is 0.159. The van der Waals surface area contributed by atoms with Crippen LogP contribution in [0.1, 0.15) is 98.0 Å². The number of imide groups is 1. The third kappa shape index (κ3) is 6.32. The number of amides is 2. The average molecular weight is 828 g/mol. The molecule has 0 unspecified atom stereocenters. The molecule has 6 heterocycles. The van der Waals surface area contributed by atoms with Gasteiger partial charge >= 0.3 is 0 Å². The summed E-state index contributed by atoms with van der Waals surface area (Å²) in [6.45, 7) is 8.54. The number of halogens is 3. The number of likely N-dealkylation sites (tertiary alicyclic amines) is 1. The maximum absolute atomic E-state index is 15.2. The standard InChI is InChI=1S/C42H41BrF2N6O3S/c1-42(2)29-10-9-26(21-34(29)50-33-6-3-5-30(43)37(33)39(54)47-40(42)50)24-11-15-48(16-12-24)23-28-22-46-41(55-28)49-17-13-25(14-18-49)27-19-31(44)38(32(45)20-27)51-35(52)7-4-8-36(51)53/h3,5-6,9-10,19-22,24-25H,4,7-8,11-18,23H2,1-2H3. The monoisotopic (exact) mass is 826 g/mol. The predicted octanol–water partition coefficient (Wildman–Crippen LogP) is 8.33. The fraction of sp³-hybridized carbons (Fsp3) is 0.405. The van der Waals surface area contributed by atoms with Gasteiger partial charge in [-0.15, -0.1) is 11.3 Å². The third-order valence-corrected chi connectivity index (χ3v) is 13.8. The molecule has 13 heteroatoms. The van der Waals surface area contributed by atoms with E-state index >= 15 is 8.78 Å². The minimum absolute atomic E-state index is 0.0304. The van der Waals surface area contributed by atoms with E-state index in [1.807, 2.05) is 24.4 Å². The molecule has 9 rings (SSSR count). The fourth-order valence-electron chi connectivity index (χ4n) is 9.13. The SMILES string of the molecule is CC1(C)c2ccc(C3CCN(Cc4cnc(N5CCC(c6cc(F)c(N7C(=O)CCCC7=O)c(F)c6)CC5)s4)CC3)cc2-n2c1nc(=O)c1c(Br)cccc12. The number of anilines is 2. The highest BCUT2D eigenvalue weighted by Crippen LogP contribution is 2.45. The van der Waals surface area contributed by atoms with Gasteiger partial charge in [0, 0.05) is 48.0 Å². The first-order valence-electron chi connectivity index (χ1n) is 19.1. The second kappa shape index (κ2) is 14.0. The van der Waals surface area contributed by atoms with Gasteiger partial charge in [-0.05, 0) is 134 Å². The van der Waals surface area contributed by atoms with Gasteiger partial charge in [0.2, 0.25) is 11.8 Å². The van der Waals surface area contributed by atoms with Gasteiger partial charge in [0.15, 0.2) is 16.8 Å². The summed E-state index contributed by atoms with van der Waals surface area (Å²) in [7, 11) is 0. The van der Waals surface area contributed by atoms with Crippen LogP contribution in [0, 0.1) is 11.6 Å². The molecule has 2 amide bonds. The van der Waals surface area contributed by atoms with Crippen LogP contribution in [0.4, 0.5) is 19.6 Å². The van der Waals surface area contributed by atoms with Gasteiger partial charge in [-0.1, -0.05) is 18.2 Å². The molecule has 0 spiro atoms. The summed E-state index contributed by atoms with van der Waals surface area (Å²) in [4.78, 5) is 53.8. The number of benzene rings is 3. The summed E-state index contributed by atoms with van der Waals surface area (Å²) in [6, 6.07) is 15.3. The van der Waals surface area contributed by atoms with Gasteiger partial charge in [0.25, 0.3) is 5.56 Å². The number of fused-ring (bicyclic) bond motifs is 5. The zero-order valence-electron chi connectivity index (χ0n) is 30.8. The fourth-order valence-corrected chi connectivity index (χ4v) is 10.7. The Kier molecular flexibility index (Phi) is 9.24. The van der Waals surface area contributed by atoms with Gasteiger partial charge in [0.1, 0.15) is 11.5 Å². The zero-order valence-corrected chi connectivity index (χ0v) is 33.2. The van der Waals surface area contributed by atoms with Crippen LogP contribution in [-0.2, 0) is 21.5 Å². The van der Waals surface area contributed by atoms with Gasteiger partial charge in [-0.25, -0.2) is 18.7 Å². The Hall–Kier alpha value is -4.33. The molecule has 0 bridgehead atoms. The van der Waals surface area contributed by atoms with E-state index < -0.39 is 29.1 Å². The number of piperidine rings is 3. The molecule has 4 aliphatic rings. The Morgan fingerprint density at radius 2 is 1.55 bits per heavy atom. The van der Waals surface area contributed by atoms with Crippen molar-refractivity contribution in [3.63, 3.8) is 0 Å². The lowest BCUT2D eigenvalue weighted by Crippen LogP contribution is -2.41. The van der Waals surface area contributed by atoms with Crippen LogP contribution in [0.25, 0.3) is 16.6 Å². The van der Waals surface area contributed by atoms with Crippen LogP contribution in [0.5, 0.6) is 0 Å². The number of thiazole rings is 1. The van der Waals surface area contributed by atoms with Crippen molar-refractivity contribution < 1.29 is 18.4 Å². The second-order valence-corrected chi connectivity index (χ2v) is 17.8. The van der Waals surface area contributed by atoms with Crippen molar-refractivity contribution >= 4 is 60.8 Å². The number of nitrogens with zero attached hydrogens (tertiary/aromatic N) is 6. The van der Waals surface area contributed by atoms with Crippen LogP contribution >= 0.6 is 27.3 Å². The Bertz CT molecular complexity index is 2390. The number of rotatable bonds is 6. The Morgan fingerprint density at radius 3 is 2.25 bits per heavy atom. The highest BCUT2D eigenvalue weighted by Gasteiger charge is 2.39. The number of hydrogen-bond acceptors (Lipinski definition) is 8. The van der Waals surface area contributed by atoms with Crippen molar-refractivity contribution in [1.82, 2.24) is 19.4 Å². The molecule has 0 saturated carbocycles. The van der Waals surface area contributed by atoms with Crippen LogP contribution < -0.4 is 15.4 Å². The summed E-state index contributed by atoms with van der Waals surface area (Å²) < 4.78 is 33.4. The number of hydrogen-bond donors (Lipinski definition) is 0. The van der Waals surface area contributed by atoms with Crippen LogP contribution in [0.3, 0.4) is 0 Å². The molecule has 9 nitrogen and oxygen atoms in total. The van der Waals surface area contributed by atoms with E-state index in [0.29, 0.717) is 28.2 Å². The van der Waals surface area contributed by atoms with Crippen LogP contribution in [-0.4, -0.2) is 57.4 Å². The predicted molar refractivity (Wildman–Crippen MR) is 213 cm³/mol. The maximum Gasteiger partial charge on any atom is 0.281 e. The largest absolute Gasteiger partial charge is 0.348 e. The molecular formula is C42H41BrF2N6O3S. The first-order chi connectivity index (χ1) is 26.5. The molecule has 0 radical (unpaired) electrons. The molecule has 3 fully saturated rings. The molecule has 3 saturated heterocycles. The molecule has 2 aromatic heterocycles. The number of carbonyl (C=O) groups is 2. The summed E-state index contributed by atoms with van der Waals surface area (Å²) in [5.74, 6) is -1.67. The molecular weight excluding hydrogens is 786 g/mol. The molecule has 4 aliphatic heterocycles. The highest BCUT2D eigenvalue weighted by molar-refractivity contribution is 9.10. The zero-order chi connectivity index (χ0) is 38.2. The second-order valence-electron chi connectivity index (χ2n) is 15.8. The van der Waals surface area contributed by atoms with E-state index in [0.717, 1.165) is 85.0 Å². The highest BCUT2D eigenvalue weighted by atomic mass is 79.9. The molecule has 0 aliphatic carbocycles. The summed E-state index contributed by atoms with van der Waals surface area (Å²) in [5, 5.41) is 1.57. The maximum atomic E-state index is 15.2. The number of carbonyl (C=O) groups excluding carboxylic acids is 2. The van der Waals surface area contributed by atoms with Crippen molar-refractivity contribution in [2.45, 2.75) is 82.6 Å². The lowest BCUT2D eigenvalue weighted by molar-refractivity contribution is -0.129. The lowest BCUT2D eigenvalue weighted by atomic mass is 9.83. The topological polar surface area (TPSA) is 91.6 Å². The van der Waals surface area contributed by atoms with Crippen molar-refractivity contribution in [2.24, 2.45) is 0 Å². The van der Waals surface area contributed by atoms with Crippen molar-refractivity contribution in [1.29, 1.82) is 0 Å². The molecule has 55 heavy (non-hydrogen) atoms. The van der Waals surface area contributed by atoms with Crippen molar-refractivity contribution in [2.75, 3.05) is 36.0 Å². The Labute approximate surface area is 330 Å². The minimum atomic E-state index is -0.865. The normalized spacial score (nSPS) is 19.4. The van der Waals surface area contributed by atoms with Crippen LogP contribution in [0.15, 0.2) is 64.0 Å². The van der Waals surface area contributed by atoms with Crippen LogP contribution in [0.2, 0.25) is 0 Å². The first kappa shape index (κ1) is 36.3. The summed E-state index contributed by atoms with van der Waals surface area (Å²) in [5.41, 5.74) is 3.90. The van der Waals surface area contributed by atoms with E-state index in [1.54, 1.807) is 11.3 Å². The van der Waals surface area contributed by atoms with Gasteiger partial charge < -0.3 is 4.90 Å². The van der Waals surface area contributed by atoms with E-state index in [4.69, 9.17) is 4.98 Å². The van der Waals surface area contributed by atoms with E-state index in [-0.39, 0.29) is 29.7 Å². The average Bonchev–Trinajstić information content (AvgIpc) is 3.72. The minimum Gasteiger partial charge on any atom is -0.348 e. The molecule has 284 valence electrons. The van der Waals surface area contributed by atoms with Gasteiger partial charge in [-0.3, -0.25) is 23.9 Å². The van der Waals surface area contributed by atoms with Crippen molar-refractivity contribution in [3.8, 4) is 5.69 Å². The van der Waals surface area contributed by atoms with Gasteiger partial charge in [0.05, 0.1) is 22.0 Å². The third-order valence-electron chi connectivity index (χ3n) is 12.1. The lowest BCUT2D eigenvalue weighted by Gasteiger charge is -2.33. The van der Waals surface area contributed by atoms with E-state index in [9.17, 15) is 14.4 Å². The van der Waals surface area contributed by atoms with E-state index in [2.05, 4.69) is 67.3 Å². The molecule has 3 aromatic carbocycles. The summed E-state index contributed by atoms with van der Waals surface area (Å²) in [6.07, 6.45) is 6.13. The Morgan fingerprint density at radius 1 is 0.873 bits per heavy atom. The number of aromatic nitrogens is 3. The first-order valence-corrected chi connectivity index (χ1v) is 20.7. The molecule has 0 atom stereocenters. The summed E-state index contributed by atoms with van der Waals surface area (Å²) >= 11 is 5.29. The Balaban J connectivity index is 0.825. The van der Waals surface area contributed by atoms with Crippen molar-refractivity contribution in [3.05, 3.63) is 109 Å². The molecule has 5 aromatic rings.